The van der Waals surface area contributed by atoms with Crippen molar-refractivity contribution in [3.05, 3.63) is 17.7 Å². The molecule has 2 aliphatic rings. The van der Waals surface area contributed by atoms with Gasteiger partial charge in [-0.3, -0.25) is 0 Å². The van der Waals surface area contributed by atoms with Gasteiger partial charge < -0.3 is 19.2 Å². The first-order chi connectivity index (χ1) is 12.7. The lowest BCUT2D eigenvalue weighted by Crippen LogP contribution is -2.41. The molecule has 0 atom stereocenters. The Morgan fingerprint density at radius 2 is 1.67 bits per heavy atom. The summed E-state index contributed by atoms with van der Waals surface area (Å²) in [7, 11) is -0.389. The fraction of sp³-hybridized carbons (Fsp3) is 0.667. The molecule has 2 aliphatic heterocycles. The topological polar surface area (TPSA) is 50.4 Å². The fourth-order valence-electron chi connectivity index (χ4n) is 4.13. The summed E-state index contributed by atoms with van der Waals surface area (Å²) in [5, 5.41) is 0. The molecule has 0 saturated carbocycles. The summed E-state index contributed by atoms with van der Waals surface area (Å²) in [5.41, 5.74) is 3.64. The van der Waals surface area contributed by atoms with Crippen LogP contribution in [0.25, 0.3) is 11.0 Å². The van der Waals surface area contributed by atoms with E-state index < -0.39 is 0 Å². The third-order valence-corrected chi connectivity index (χ3v) is 6.44. The van der Waals surface area contributed by atoms with Gasteiger partial charge in [0.05, 0.1) is 27.8 Å². The largest absolute Gasteiger partial charge is 0.512 e. The van der Waals surface area contributed by atoms with E-state index in [1.165, 1.54) is 24.8 Å². The van der Waals surface area contributed by atoms with Crippen molar-refractivity contribution >= 4 is 29.6 Å². The maximum absolute atomic E-state index is 6.33. The van der Waals surface area contributed by atoms with Gasteiger partial charge in [-0.05, 0) is 70.6 Å². The highest BCUT2D eigenvalue weighted by Gasteiger charge is 2.53. The van der Waals surface area contributed by atoms with E-state index in [4.69, 9.17) is 14.3 Å². The standard InChI is InChI=1S/C21H32BN3O2/c1-14(2)17-18-15(10-11-16(24-18)25-12-8-7-9-13-25)23-19(17)22-26-20(3,4)21(5,6)27-22/h10-11,14,23H,7-9,12-13H2,1-6H3. The van der Waals surface area contributed by atoms with E-state index in [1.807, 2.05) is 0 Å². The Bertz CT molecular complexity index is 821. The molecule has 4 rings (SSSR count). The Kier molecular flexibility index (Phi) is 4.55. The number of H-pyrrole nitrogens is 1. The molecule has 2 aromatic rings. The van der Waals surface area contributed by atoms with Gasteiger partial charge in [-0.25, -0.2) is 4.98 Å². The summed E-state index contributed by atoms with van der Waals surface area (Å²) in [6.07, 6.45) is 3.83. The second-order valence-corrected chi connectivity index (χ2v) is 9.31. The molecule has 2 aromatic heterocycles. The van der Waals surface area contributed by atoms with Crippen LogP contribution in [-0.4, -0.2) is 41.4 Å². The lowest BCUT2D eigenvalue weighted by Gasteiger charge is -2.32. The van der Waals surface area contributed by atoms with E-state index in [-0.39, 0.29) is 18.3 Å². The molecule has 0 amide bonds. The highest BCUT2D eigenvalue weighted by atomic mass is 16.7. The zero-order valence-corrected chi connectivity index (χ0v) is 17.6. The minimum absolute atomic E-state index is 0.330. The summed E-state index contributed by atoms with van der Waals surface area (Å²) in [6, 6.07) is 4.30. The molecule has 0 aromatic carbocycles. The highest BCUT2D eigenvalue weighted by molar-refractivity contribution is 6.62. The normalized spacial score (nSPS) is 22.2. The number of aromatic amines is 1. The van der Waals surface area contributed by atoms with E-state index in [0.717, 1.165) is 35.5 Å². The first-order valence-electron chi connectivity index (χ1n) is 10.3. The Labute approximate surface area is 163 Å². The molecule has 2 saturated heterocycles. The number of aromatic nitrogens is 2. The van der Waals surface area contributed by atoms with E-state index in [0.29, 0.717) is 5.92 Å². The summed E-state index contributed by atoms with van der Waals surface area (Å²) in [5.74, 6) is 1.42. The van der Waals surface area contributed by atoms with Gasteiger partial charge in [0.1, 0.15) is 5.82 Å². The van der Waals surface area contributed by atoms with Crippen molar-refractivity contribution in [2.24, 2.45) is 0 Å². The van der Waals surface area contributed by atoms with E-state index in [2.05, 4.69) is 63.6 Å². The number of fused-ring (bicyclic) bond motifs is 1. The van der Waals surface area contributed by atoms with Crippen molar-refractivity contribution in [1.82, 2.24) is 9.97 Å². The van der Waals surface area contributed by atoms with Crippen molar-refractivity contribution in [2.45, 2.75) is 77.9 Å². The van der Waals surface area contributed by atoms with E-state index in [1.54, 1.807) is 0 Å². The zero-order chi connectivity index (χ0) is 19.4. The van der Waals surface area contributed by atoms with Crippen LogP contribution < -0.4 is 10.5 Å². The van der Waals surface area contributed by atoms with Gasteiger partial charge in [0, 0.05) is 13.1 Å². The summed E-state index contributed by atoms with van der Waals surface area (Å²) in [6.45, 7) is 15.0. The van der Waals surface area contributed by atoms with Crippen LogP contribution in [0, 0.1) is 0 Å². The quantitative estimate of drug-likeness (QED) is 0.832. The van der Waals surface area contributed by atoms with Crippen LogP contribution in [0.3, 0.4) is 0 Å². The molecule has 0 unspecified atom stereocenters. The minimum atomic E-state index is -0.389. The minimum Gasteiger partial charge on any atom is -0.398 e. The maximum atomic E-state index is 6.33. The Morgan fingerprint density at radius 1 is 1.04 bits per heavy atom. The molecule has 27 heavy (non-hydrogen) atoms. The van der Waals surface area contributed by atoms with Gasteiger partial charge in [-0.1, -0.05) is 13.8 Å². The van der Waals surface area contributed by atoms with Crippen LogP contribution in [0.4, 0.5) is 5.82 Å². The van der Waals surface area contributed by atoms with Crippen molar-refractivity contribution in [3.8, 4) is 0 Å². The van der Waals surface area contributed by atoms with Crippen LogP contribution in [0.5, 0.6) is 0 Å². The number of hydrogen-bond acceptors (Lipinski definition) is 4. The molecule has 4 heterocycles. The van der Waals surface area contributed by atoms with Crippen molar-refractivity contribution in [2.75, 3.05) is 18.0 Å². The molecule has 0 bridgehead atoms. The van der Waals surface area contributed by atoms with Crippen LogP contribution >= 0.6 is 0 Å². The third kappa shape index (κ3) is 3.17. The predicted octanol–water partition coefficient (Wildman–Crippen LogP) is 3.98. The van der Waals surface area contributed by atoms with E-state index >= 15 is 0 Å². The number of pyridine rings is 1. The molecule has 5 nitrogen and oxygen atoms in total. The first kappa shape index (κ1) is 18.8. The first-order valence-corrected chi connectivity index (χ1v) is 10.3. The van der Waals surface area contributed by atoms with Crippen LogP contribution in [0.1, 0.15) is 72.3 Å². The van der Waals surface area contributed by atoms with Crippen molar-refractivity contribution in [3.63, 3.8) is 0 Å². The zero-order valence-electron chi connectivity index (χ0n) is 17.6. The average molecular weight is 369 g/mol. The van der Waals surface area contributed by atoms with Crippen LogP contribution in [0.15, 0.2) is 12.1 Å². The second-order valence-electron chi connectivity index (χ2n) is 9.31. The third-order valence-electron chi connectivity index (χ3n) is 6.44. The monoisotopic (exact) mass is 369 g/mol. The Balaban J connectivity index is 1.77. The van der Waals surface area contributed by atoms with Crippen LogP contribution in [-0.2, 0) is 9.31 Å². The number of nitrogens with one attached hydrogen (secondary N) is 1. The van der Waals surface area contributed by atoms with E-state index in [9.17, 15) is 0 Å². The molecule has 6 heteroatoms. The van der Waals surface area contributed by atoms with Gasteiger partial charge >= 0.3 is 7.12 Å². The highest BCUT2D eigenvalue weighted by Crippen LogP contribution is 2.37. The summed E-state index contributed by atoms with van der Waals surface area (Å²) in [4.78, 5) is 11.0. The molecule has 0 radical (unpaired) electrons. The lowest BCUT2D eigenvalue weighted by molar-refractivity contribution is 0.00578. The molecule has 1 N–H and O–H groups in total. The van der Waals surface area contributed by atoms with Gasteiger partial charge in [-0.15, -0.1) is 0 Å². The average Bonchev–Trinajstić information content (AvgIpc) is 3.09. The summed E-state index contributed by atoms with van der Waals surface area (Å²) >= 11 is 0. The maximum Gasteiger partial charge on any atom is 0.512 e. The smallest absolute Gasteiger partial charge is 0.398 e. The van der Waals surface area contributed by atoms with Gasteiger partial charge in [0.15, 0.2) is 0 Å². The SMILES string of the molecule is CC(C)c1c(B2OC(C)(C)C(C)(C)O2)[nH]c2ccc(N3CCCCC3)nc12. The van der Waals surface area contributed by atoms with Gasteiger partial charge in [0.25, 0.3) is 0 Å². The van der Waals surface area contributed by atoms with Crippen molar-refractivity contribution in [1.29, 1.82) is 0 Å². The number of nitrogens with zero attached hydrogens (tertiary/aromatic N) is 2. The fourth-order valence-corrected chi connectivity index (χ4v) is 4.13. The Morgan fingerprint density at radius 3 is 2.26 bits per heavy atom. The van der Waals surface area contributed by atoms with Crippen LogP contribution in [0.2, 0.25) is 0 Å². The number of piperidine rings is 1. The molecule has 0 aliphatic carbocycles. The molecular weight excluding hydrogens is 337 g/mol. The molecular formula is C21H32BN3O2. The second kappa shape index (κ2) is 6.52. The molecule has 2 fully saturated rings. The van der Waals surface area contributed by atoms with Gasteiger partial charge in [-0.2, -0.15) is 0 Å². The molecule has 0 spiro atoms. The number of anilines is 1. The Hall–Kier alpha value is -1.53. The molecule has 146 valence electrons. The number of hydrogen-bond donors (Lipinski definition) is 1. The number of rotatable bonds is 3. The summed E-state index contributed by atoms with van der Waals surface area (Å²) < 4.78 is 12.7. The lowest BCUT2D eigenvalue weighted by atomic mass is 9.79. The van der Waals surface area contributed by atoms with Gasteiger partial charge in [0.2, 0.25) is 0 Å². The van der Waals surface area contributed by atoms with Crippen molar-refractivity contribution < 1.29 is 9.31 Å². The predicted molar refractivity (Wildman–Crippen MR) is 112 cm³/mol.